The molecule has 0 fully saturated rings. The van der Waals surface area contributed by atoms with E-state index in [2.05, 4.69) is 10.3 Å². The lowest BCUT2D eigenvalue weighted by atomic mass is 10.0. The number of nitrogens with one attached hydrogen (secondary N) is 2. The molecule has 28 heavy (non-hydrogen) atoms. The van der Waals surface area contributed by atoms with Gasteiger partial charge >= 0.3 is 11.9 Å². The Morgan fingerprint density at radius 2 is 1.61 bits per heavy atom. The number of H-pyrrole nitrogens is 1. The van der Waals surface area contributed by atoms with Gasteiger partial charge in [0.15, 0.2) is 0 Å². The quantitative estimate of drug-likeness (QED) is 0.513. The number of aromatic carboxylic acids is 1. The predicted molar refractivity (Wildman–Crippen MR) is 101 cm³/mol. The van der Waals surface area contributed by atoms with E-state index in [-0.39, 0.29) is 23.1 Å². The smallest absolute Gasteiger partial charge is 0.336 e. The van der Waals surface area contributed by atoms with Gasteiger partial charge in [0.2, 0.25) is 5.56 Å². The summed E-state index contributed by atoms with van der Waals surface area (Å²) in [6.45, 7) is 0. The topological polar surface area (TPSA) is 137 Å². The number of aliphatic carboxylic acids is 1. The Bertz CT molecular complexity index is 1130. The first kappa shape index (κ1) is 18.8. The van der Waals surface area contributed by atoms with Gasteiger partial charge in [0.1, 0.15) is 6.04 Å². The van der Waals surface area contributed by atoms with Gasteiger partial charge in [-0.1, -0.05) is 30.3 Å². The van der Waals surface area contributed by atoms with Crippen LogP contribution in [0, 0.1) is 0 Å². The first-order chi connectivity index (χ1) is 13.4. The number of rotatable bonds is 6. The molecule has 8 heteroatoms. The largest absolute Gasteiger partial charge is 0.480 e. The van der Waals surface area contributed by atoms with Crippen molar-refractivity contribution in [3.05, 3.63) is 81.6 Å². The van der Waals surface area contributed by atoms with Crippen LogP contribution in [-0.2, 0) is 11.2 Å². The molecule has 142 valence electrons. The molecule has 4 N–H and O–H groups in total. The van der Waals surface area contributed by atoms with Crippen molar-refractivity contribution in [1.29, 1.82) is 0 Å². The zero-order chi connectivity index (χ0) is 20.3. The summed E-state index contributed by atoms with van der Waals surface area (Å²) in [4.78, 5) is 50.0. The van der Waals surface area contributed by atoms with Crippen LogP contribution in [-0.4, -0.2) is 39.1 Å². The molecule has 0 radical (unpaired) electrons. The van der Waals surface area contributed by atoms with Crippen molar-refractivity contribution in [2.75, 3.05) is 0 Å². The number of carbonyl (C=O) groups is 3. The average Bonchev–Trinajstić information content (AvgIpc) is 2.67. The molecular formula is C20H16N2O6. The second kappa shape index (κ2) is 7.75. The highest BCUT2D eigenvalue weighted by atomic mass is 16.4. The molecule has 0 saturated carbocycles. The zero-order valence-corrected chi connectivity index (χ0v) is 14.5. The van der Waals surface area contributed by atoms with Gasteiger partial charge in [0.05, 0.1) is 11.1 Å². The maximum atomic E-state index is 12.5. The molecule has 2 aromatic carbocycles. The van der Waals surface area contributed by atoms with Gasteiger partial charge in [-0.3, -0.25) is 9.59 Å². The summed E-state index contributed by atoms with van der Waals surface area (Å²) in [6, 6.07) is 12.4. The molecule has 1 atom stereocenters. The van der Waals surface area contributed by atoms with Crippen molar-refractivity contribution >= 4 is 28.7 Å². The van der Waals surface area contributed by atoms with Gasteiger partial charge in [-0.25, -0.2) is 9.59 Å². The Kier molecular flexibility index (Phi) is 5.21. The number of hydrogen-bond donors (Lipinski definition) is 4. The molecule has 3 rings (SSSR count). The third kappa shape index (κ3) is 3.90. The number of carbonyl (C=O) groups excluding carboxylic acids is 1. The highest BCUT2D eigenvalue weighted by Gasteiger charge is 2.24. The second-order valence-electron chi connectivity index (χ2n) is 6.12. The molecule has 0 bridgehead atoms. The van der Waals surface area contributed by atoms with Gasteiger partial charge in [-0.05, 0) is 23.8 Å². The Balaban J connectivity index is 1.92. The van der Waals surface area contributed by atoms with Gasteiger partial charge in [-0.2, -0.15) is 0 Å². The molecule has 0 saturated heterocycles. The van der Waals surface area contributed by atoms with Gasteiger partial charge in [0, 0.05) is 23.4 Å². The van der Waals surface area contributed by atoms with Gasteiger partial charge < -0.3 is 20.5 Å². The molecule has 1 aromatic heterocycles. The van der Waals surface area contributed by atoms with Crippen molar-refractivity contribution in [3.63, 3.8) is 0 Å². The Morgan fingerprint density at radius 3 is 2.29 bits per heavy atom. The summed E-state index contributed by atoms with van der Waals surface area (Å²) in [5.41, 5.74) is 0.249. The lowest BCUT2D eigenvalue weighted by Gasteiger charge is -2.16. The molecule has 1 unspecified atom stereocenters. The SMILES string of the molecule is O=C(O)c1ccccc1C(=O)NC(Cc1cc(=O)[nH]c2ccccc12)C(=O)O. The molecule has 0 spiro atoms. The van der Waals surface area contributed by atoms with E-state index in [1.165, 1.54) is 30.3 Å². The third-order valence-corrected chi connectivity index (χ3v) is 4.27. The molecule has 8 nitrogen and oxygen atoms in total. The average molecular weight is 380 g/mol. The third-order valence-electron chi connectivity index (χ3n) is 4.27. The fraction of sp³-hybridized carbons (Fsp3) is 0.100. The van der Waals surface area contributed by atoms with E-state index in [0.717, 1.165) is 0 Å². The zero-order valence-electron chi connectivity index (χ0n) is 14.5. The van der Waals surface area contributed by atoms with Crippen LogP contribution in [0.15, 0.2) is 59.4 Å². The molecule has 1 heterocycles. The number of hydrogen-bond acceptors (Lipinski definition) is 4. The van der Waals surface area contributed by atoms with E-state index in [9.17, 15) is 29.4 Å². The van der Waals surface area contributed by atoms with E-state index in [0.29, 0.717) is 16.5 Å². The summed E-state index contributed by atoms with van der Waals surface area (Å²) < 4.78 is 0. The number of carboxylic acid groups (broad SMARTS) is 2. The standard InChI is InChI=1S/C20H16N2O6/c23-17-10-11(12-5-3-4-8-15(12)21-17)9-16(20(27)28)22-18(24)13-6-1-2-7-14(13)19(25)26/h1-8,10,16H,9H2,(H,21,23)(H,22,24)(H,25,26)(H,27,28). The monoisotopic (exact) mass is 380 g/mol. The van der Waals surface area contributed by atoms with E-state index in [1.807, 2.05) is 0 Å². The Morgan fingerprint density at radius 1 is 0.964 bits per heavy atom. The predicted octanol–water partition coefficient (Wildman–Crippen LogP) is 1.65. The van der Waals surface area contributed by atoms with Crippen LogP contribution >= 0.6 is 0 Å². The van der Waals surface area contributed by atoms with Crippen LogP contribution in [0.1, 0.15) is 26.3 Å². The van der Waals surface area contributed by atoms with Crippen LogP contribution in [0.2, 0.25) is 0 Å². The van der Waals surface area contributed by atoms with E-state index in [4.69, 9.17) is 0 Å². The fourth-order valence-electron chi connectivity index (χ4n) is 2.97. The Hall–Kier alpha value is -3.94. The highest BCUT2D eigenvalue weighted by Crippen LogP contribution is 2.17. The van der Waals surface area contributed by atoms with Gasteiger partial charge in [0.25, 0.3) is 5.91 Å². The summed E-state index contributed by atoms with van der Waals surface area (Å²) in [6.07, 6.45) is -0.138. The normalized spacial score (nSPS) is 11.7. The first-order valence-corrected chi connectivity index (χ1v) is 8.33. The number of amides is 1. The van der Waals surface area contributed by atoms with Crippen LogP contribution in [0.5, 0.6) is 0 Å². The molecule has 1 amide bonds. The number of aromatic nitrogens is 1. The number of carboxylic acids is 2. The summed E-state index contributed by atoms with van der Waals surface area (Å²) in [7, 11) is 0. The van der Waals surface area contributed by atoms with E-state index < -0.39 is 23.9 Å². The maximum Gasteiger partial charge on any atom is 0.336 e. The van der Waals surface area contributed by atoms with Crippen molar-refractivity contribution < 1.29 is 24.6 Å². The maximum absolute atomic E-state index is 12.5. The van der Waals surface area contributed by atoms with E-state index in [1.54, 1.807) is 24.3 Å². The molecule has 0 aliphatic rings. The van der Waals surface area contributed by atoms with E-state index >= 15 is 0 Å². The molecular weight excluding hydrogens is 364 g/mol. The minimum atomic E-state index is -1.35. The van der Waals surface area contributed by atoms with Crippen LogP contribution in [0.25, 0.3) is 10.9 Å². The highest BCUT2D eigenvalue weighted by molar-refractivity contribution is 6.05. The fourth-order valence-corrected chi connectivity index (χ4v) is 2.97. The minimum Gasteiger partial charge on any atom is -0.480 e. The Labute approximate surface area is 158 Å². The van der Waals surface area contributed by atoms with Crippen molar-refractivity contribution in [3.8, 4) is 0 Å². The van der Waals surface area contributed by atoms with Crippen molar-refractivity contribution in [2.24, 2.45) is 0 Å². The lowest BCUT2D eigenvalue weighted by molar-refractivity contribution is -0.139. The van der Waals surface area contributed by atoms with Crippen molar-refractivity contribution in [1.82, 2.24) is 10.3 Å². The number of benzene rings is 2. The molecule has 0 aliphatic heterocycles. The second-order valence-corrected chi connectivity index (χ2v) is 6.12. The van der Waals surface area contributed by atoms with Crippen molar-refractivity contribution in [2.45, 2.75) is 12.5 Å². The number of para-hydroxylation sites is 1. The van der Waals surface area contributed by atoms with Crippen LogP contribution in [0.4, 0.5) is 0 Å². The van der Waals surface area contributed by atoms with Gasteiger partial charge in [-0.15, -0.1) is 0 Å². The summed E-state index contributed by atoms with van der Waals surface area (Å²) >= 11 is 0. The molecule has 0 aliphatic carbocycles. The summed E-state index contributed by atoms with van der Waals surface area (Å²) in [5, 5.41) is 21.7. The number of aromatic amines is 1. The minimum absolute atomic E-state index is 0.138. The molecule has 3 aromatic rings. The van der Waals surface area contributed by atoms with Crippen LogP contribution in [0.3, 0.4) is 0 Å². The van der Waals surface area contributed by atoms with Crippen LogP contribution < -0.4 is 10.9 Å². The summed E-state index contributed by atoms with van der Waals surface area (Å²) in [5.74, 6) is -3.41. The number of fused-ring (bicyclic) bond motifs is 1. The lowest BCUT2D eigenvalue weighted by Crippen LogP contribution is -2.43. The number of pyridine rings is 1. The first-order valence-electron chi connectivity index (χ1n) is 8.33.